The van der Waals surface area contributed by atoms with Gasteiger partial charge in [0, 0.05) is 90.6 Å². The first-order chi connectivity index (χ1) is 44.6. The number of hydrogen-bond donors (Lipinski definition) is 3. The van der Waals surface area contributed by atoms with E-state index in [0.29, 0.717) is 102 Å². The predicted molar refractivity (Wildman–Crippen MR) is 355 cm³/mol. The summed E-state index contributed by atoms with van der Waals surface area (Å²) in [5.74, 6) is -2.33. The van der Waals surface area contributed by atoms with Crippen LogP contribution in [0.4, 0.5) is 11.4 Å². The molecule has 2 unspecified atom stereocenters. The number of carbonyl (C=O) groups is 3. The van der Waals surface area contributed by atoms with Crippen molar-refractivity contribution in [2.45, 2.75) is 98.7 Å². The zero-order valence-corrected chi connectivity index (χ0v) is 66.1. The molecule has 31 heteroatoms. The predicted octanol–water partition coefficient (Wildman–Crippen LogP) is -2.00. The Bertz CT molecular complexity index is 4020. The number of ketones is 1. The summed E-state index contributed by atoms with van der Waals surface area (Å²) in [6, 6.07) is 32.3. The summed E-state index contributed by atoms with van der Waals surface area (Å²) in [6.07, 6.45) is 7.13. The van der Waals surface area contributed by atoms with Crippen molar-refractivity contribution in [3.8, 4) is 0 Å². The minimum Gasteiger partial charge on any atom is -0.748 e. The molecule has 2 aliphatic heterocycles. The van der Waals surface area contributed by atoms with Crippen molar-refractivity contribution >= 4 is 99.1 Å². The molecule has 2 atom stereocenters. The maximum atomic E-state index is 13.7. The third-order valence-corrected chi connectivity index (χ3v) is 22.2. The summed E-state index contributed by atoms with van der Waals surface area (Å²) >= 11 is 0. The fraction of sp³-hybridized carbons (Fsp3) is 0.424. The Hall–Kier alpha value is -3.43. The van der Waals surface area contributed by atoms with Crippen molar-refractivity contribution < 1.29 is 183 Å². The molecule has 2 heterocycles. The average Bonchev–Trinajstić information content (AvgIpc) is 1.56. The van der Waals surface area contributed by atoms with E-state index in [1.165, 1.54) is 43.5 Å². The van der Waals surface area contributed by atoms with E-state index in [0.717, 1.165) is 10.6 Å². The fourth-order valence-corrected chi connectivity index (χ4v) is 16.4. The van der Waals surface area contributed by atoms with E-state index in [4.69, 9.17) is 23.7 Å². The number of nitrogens with zero attached hydrogens (tertiary/aromatic N) is 2. The number of fused-ring (bicyclic) bond motifs is 2. The molecular formula is C66H81N3Na3O20PS4+2. The zero-order valence-electron chi connectivity index (χ0n) is 56.0. The molecule has 5 aromatic rings. The normalized spacial score (nSPS) is 16.6. The van der Waals surface area contributed by atoms with Crippen molar-refractivity contribution in [2.24, 2.45) is 0 Å². The van der Waals surface area contributed by atoms with Gasteiger partial charge in [0.25, 0.3) is 26.1 Å². The molecule has 23 nitrogen and oxygen atoms in total. The van der Waals surface area contributed by atoms with E-state index >= 15 is 0 Å². The van der Waals surface area contributed by atoms with Gasteiger partial charge in [0.05, 0.1) is 90.0 Å². The number of unbranched alkanes of at least 4 members (excludes halogenated alkanes) is 2. The molecule has 0 aromatic heterocycles. The number of amides is 1. The Morgan fingerprint density at radius 2 is 1.22 bits per heavy atom. The first kappa shape index (κ1) is 86.0. The van der Waals surface area contributed by atoms with Gasteiger partial charge in [-0.05, 0) is 137 Å². The number of methoxy groups -OCH3 is 2. The first-order valence-corrected chi connectivity index (χ1v) is 38.0. The first-order valence-electron chi connectivity index (χ1n) is 30.7. The number of anilines is 1. The van der Waals surface area contributed by atoms with Gasteiger partial charge >= 0.3 is 94.6 Å². The molecule has 2 aliphatic rings. The van der Waals surface area contributed by atoms with Gasteiger partial charge < -0.3 is 43.0 Å². The molecule has 97 heavy (non-hydrogen) atoms. The SMILES string of the molecule is COCCOCCOCCOCCN1C(=CC=CC2=[N+](CCCCCC(=O)CCCNC(=O)c3ccc(C(=O)OC)c(P(c4ccccc4)c4ccccc4)c3)c3ccc(S(=O)(=O)[O-])cc3C2(C)CCCS(=O)(=O)[O-])C(C)(CCCS(=O)(=O)O)c2cc(S(=O)(=O)O)ccc21.[Na+].[Na+].[Na+]. The smallest absolute Gasteiger partial charge is 0.748 e. The largest absolute Gasteiger partial charge is 1.00 e. The van der Waals surface area contributed by atoms with Crippen LogP contribution in [0.1, 0.15) is 110 Å². The molecule has 0 fully saturated rings. The van der Waals surface area contributed by atoms with Crippen LogP contribution < -0.4 is 115 Å². The van der Waals surface area contributed by atoms with Crippen LogP contribution in [0.25, 0.3) is 0 Å². The number of allylic oxidation sites excluding steroid dienone is 4. The second kappa shape index (κ2) is 39.8. The van der Waals surface area contributed by atoms with Gasteiger partial charge in [-0.2, -0.15) is 21.4 Å². The Balaban J connectivity index is 0.00000667. The number of Topliss-reactive ketones (excluding diaryl/α,β-unsaturated/α-hetero) is 1. The summed E-state index contributed by atoms with van der Waals surface area (Å²) in [6.45, 7) is 6.16. The van der Waals surface area contributed by atoms with E-state index in [1.807, 2.05) is 70.1 Å². The van der Waals surface area contributed by atoms with Crippen LogP contribution in [0, 0.1) is 0 Å². The maximum Gasteiger partial charge on any atom is 1.00 e. The molecule has 0 radical (unpaired) electrons. The molecule has 0 bridgehead atoms. The minimum absolute atomic E-state index is 0. The Morgan fingerprint density at radius 3 is 1.80 bits per heavy atom. The Labute approximate surface area is 637 Å². The number of esters is 1. The van der Waals surface area contributed by atoms with E-state index in [9.17, 15) is 66.3 Å². The van der Waals surface area contributed by atoms with Crippen LogP contribution in [-0.4, -0.2) is 171 Å². The monoisotopic (exact) mass is 1460 g/mol. The van der Waals surface area contributed by atoms with E-state index < -0.39 is 86.5 Å². The Morgan fingerprint density at radius 1 is 0.639 bits per heavy atom. The van der Waals surface area contributed by atoms with Crippen molar-refractivity contribution in [1.29, 1.82) is 0 Å². The molecule has 0 saturated carbocycles. The number of rotatable bonds is 39. The van der Waals surface area contributed by atoms with E-state index in [-0.39, 0.29) is 178 Å². The van der Waals surface area contributed by atoms with Crippen LogP contribution in [0.2, 0.25) is 0 Å². The molecular weight excluding hydrogens is 1380 g/mol. The van der Waals surface area contributed by atoms with Crippen LogP contribution >= 0.6 is 7.92 Å². The summed E-state index contributed by atoms with van der Waals surface area (Å²) in [5.41, 5.74) is 1.04. The summed E-state index contributed by atoms with van der Waals surface area (Å²) in [7, 11) is -17.4. The molecule has 3 N–H and O–H groups in total. The van der Waals surface area contributed by atoms with Crippen molar-refractivity contribution in [1.82, 2.24) is 5.32 Å². The topological polar surface area (TPSA) is 339 Å². The van der Waals surface area contributed by atoms with Crippen molar-refractivity contribution in [2.75, 3.05) is 96.5 Å². The maximum absolute atomic E-state index is 13.7. The molecule has 7 rings (SSSR count). The number of hydrogen-bond acceptors (Lipinski definition) is 19. The average molecular weight is 1460 g/mol. The quantitative estimate of drug-likeness (QED) is 0.00956. The van der Waals surface area contributed by atoms with Gasteiger partial charge in [-0.25, -0.2) is 21.6 Å². The van der Waals surface area contributed by atoms with Crippen LogP contribution in [-0.2, 0) is 79.8 Å². The second-order valence-corrected chi connectivity index (χ2v) is 31.2. The van der Waals surface area contributed by atoms with Gasteiger partial charge in [-0.1, -0.05) is 66.7 Å². The van der Waals surface area contributed by atoms with Crippen LogP contribution in [0.5, 0.6) is 0 Å². The summed E-state index contributed by atoms with van der Waals surface area (Å²) in [4.78, 5) is 41.0. The van der Waals surface area contributed by atoms with Gasteiger partial charge in [-0.3, -0.25) is 18.7 Å². The van der Waals surface area contributed by atoms with E-state index in [2.05, 4.69) is 5.32 Å². The van der Waals surface area contributed by atoms with Gasteiger partial charge in [-0.15, -0.1) is 0 Å². The second-order valence-electron chi connectivity index (χ2n) is 23.1. The fourth-order valence-electron chi connectivity index (χ4n) is 11.9. The third-order valence-electron chi connectivity index (χ3n) is 16.5. The van der Waals surface area contributed by atoms with Crippen molar-refractivity contribution in [3.05, 3.63) is 161 Å². The number of nitrogens with one attached hydrogen (secondary N) is 1. The molecule has 1 amide bonds. The van der Waals surface area contributed by atoms with Gasteiger partial charge in [0.2, 0.25) is 5.69 Å². The minimum atomic E-state index is -5.02. The van der Waals surface area contributed by atoms with Crippen LogP contribution in [0.15, 0.2) is 149 Å². The molecule has 0 aliphatic carbocycles. The molecule has 0 saturated heterocycles. The number of carbonyl (C=O) groups excluding carboxylic acids is 3. The summed E-state index contributed by atoms with van der Waals surface area (Å²) in [5, 5.41) is 5.51. The van der Waals surface area contributed by atoms with E-state index in [1.54, 1.807) is 57.4 Å². The molecule has 0 spiro atoms. The standard InChI is InChI=1S/C66H82N3O20PS4.3Na/c1-65(32-16-44-91(73,74)75)56-47-53(93(79,80)81)27-30-58(56)68(35-13-7-8-18-50(70)19-15-34-67-63(71)49-26-29-55(64(72)86-4)60(46-49)90(51-20-9-5-10-21-51)52-22-11-6-12-23-52)61(65)24-14-25-62-66(2,33-17-45-92(76,77)78)57-48-54(94(82,83)84)28-31-59(57)69(62)36-37-87-40-41-89-43-42-88-39-38-85-3;;;/h5-6,9-12,14,20-31,46-48H,7-8,13,15-19,32-45H2,1-4H3,(H4-,67,71,73,74,75,76,77,78,79,80,81,82,83,84);;;/q;3*+1/p-1. The molecule has 510 valence electrons. The Kier molecular flexibility index (Phi) is 35.3. The zero-order chi connectivity index (χ0) is 68.3. The van der Waals surface area contributed by atoms with Crippen molar-refractivity contribution in [3.63, 3.8) is 0 Å². The molecule has 5 aromatic carbocycles. The van der Waals surface area contributed by atoms with Gasteiger partial charge in [0.15, 0.2) is 5.71 Å². The van der Waals surface area contributed by atoms with Crippen LogP contribution in [0.3, 0.4) is 0 Å². The summed E-state index contributed by atoms with van der Waals surface area (Å²) < 4.78 is 172. The number of benzene rings is 5. The number of ether oxygens (including phenoxy) is 5. The third kappa shape index (κ3) is 24.6. The van der Waals surface area contributed by atoms with Gasteiger partial charge in [0.1, 0.15) is 22.4 Å².